The number of amides is 1. The summed E-state index contributed by atoms with van der Waals surface area (Å²) in [5.41, 5.74) is 3.01. The van der Waals surface area contributed by atoms with E-state index >= 15 is 0 Å². The highest BCUT2D eigenvalue weighted by Gasteiger charge is 2.24. The molecular weight excluding hydrogens is 386 g/mol. The van der Waals surface area contributed by atoms with Gasteiger partial charge in [-0.3, -0.25) is 4.79 Å². The van der Waals surface area contributed by atoms with Crippen molar-refractivity contribution in [2.24, 2.45) is 0 Å². The fourth-order valence-electron chi connectivity index (χ4n) is 3.19. The summed E-state index contributed by atoms with van der Waals surface area (Å²) >= 11 is 9.40. The molecule has 7 heteroatoms. The zero-order valence-corrected chi connectivity index (χ0v) is 16.9. The molecule has 0 bridgehead atoms. The van der Waals surface area contributed by atoms with E-state index in [-0.39, 0.29) is 11.2 Å². The number of thioether (sulfide) groups is 1. The number of carbonyl (C=O) groups excluding carboxylic acids is 1. The molecule has 1 atom stereocenters. The Labute approximate surface area is 165 Å². The zero-order valence-electron chi connectivity index (χ0n) is 14.5. The van der Waals surface area contributed by atoms with Gasteiger partial charge in [0.15, 0.2) is 0 Å². The first-order valence-electron chi connectivity index (χ1n) is 8.52. The van der Waals surface area contributed by atoms with Gasteiger partial charge in [0.05, 0.1) is 5.25 Å². The van der Waals surface area contributed by atoms with Crippen molar-refractivity contribution in [2.75, 3.05) is 5.32 Å². The Morgan fingerprint density at radius 3 is 3.04 bits per heavy atom. The van der Waals surface area contributed by atoms with Crippen LogP contribution in [0.4, 0.5) is 5.69 Å². The van der Waals surface area contributed by atoms with Crippen LogP contribution in [0.3, 0.4) is 0 Å². The third kappa shape index (κ3) is 3.21. The molecule has 1 aromatic carbocycles. The number of thiophene rings is 1. The van der Waals surface area contributed by atoms with E-state index in [4.69, 9.17) is 11.6 Å². The molecule has 0 radical (unpaired) electrons. The van der Waals surface area contributed by atoms with Crippen molar-refractivity contribution in [3.63, 3.8) is 0 Å². The Kier molecular flexibility index (Phi) is 4.90. The number of anilines is 1. The van der Waals surface area contributed by atoms with Crippen LogP contribution in [-0.2, 0) is 17.6 Å². The second-order valence-electron chi connectivity index (χ2n) is 6.38. The lowest BCUT2D eigenvalue weighted by atomic mass is 10.2. The number of carbonyl (C=O) groups is 1. The first-order valence-corrected chi connectivity index (χ1v) is 10.6. The largest absolute Gasteiger partial charge is 0.325 e. The summed E-state index contributed by atoms with van der Waals surface area (Å²) in [5.74, 6) is -0.0565. The maximum Gasteiger partial charge on any atom is 0.237 e. The fourth-order valence-corrected chi connectivity index (χ4v) is 5.60. The maximum absolute atomic E-state index is 12.7. The van der Waals surface area contributed by atoms with Gasteiger partial charge >= 0.3 is 0 Å². The van der Waals surface area contributed by atoms with Crippen molar-refractivity contribution in [3.8, 4) is 0 Å². The van der Waals surface area contributed by atoms with Crippen LogP contribution < -0.4 is 5.32 Å². The summed E-state index contributed by atoms with van der Waals surface area (Å²) in [6, 6.07) is 5.52. The Bertz CT molecular complexity index is 1000. The van der Waals surface area contributed by atoms with Crippen LogP contribution in [0.1, 0.15) is 29.3 Å². The molecule has 4 nitrogen and oxygen atoms in total. The highest BCUT2D eigenvalue weighted by atomic mass is 35.5. The number of aryl methyl sites for hydroxylation is 2. The molecule has 1 aliphatic carbocycles. The van der Waals surface area contributed by atoms with Gasteiger partial charge in [-0.2, -0.15) is 0 Å². The molecule has 134 valence electrons. The number of hydrogen-bond donors (Lipinski definition) is 1. The highest BCUT2D eigenvalue weighted by molar-refractivity contribution is 8.00. The van der Waals surface area contributed by atoms with E-state index in [1.54, 1.807) is 17.7 Å². The van der Waals surface area contributed by atoms with Crippen molar-refractivity contribution < 1.29 is 4.79 Å². The van der Waals surface area contributed by atoms with Crippen LogP contribution in [0.2, 0.25) is 5.02 Å². The summed E-state index contributed by atoms with van der Waals surface area (Å²) in [4.78, 5) is 24.0. The van der Waals surface area contributed by atoms with Crippen molar-refractivity contribution in [3.05, 3.63) is 45.6 Å². The SMILES string of the molecule is Cc1c(Cl)cccc1NC(=O)[C@@H](C)Sc1ncnc2sc3c(c12)CCC3. The standard InChI is InChI=1S/C19H18ClN3OS2/c1-10-13(20)6-4-7-14(10)23-17(24)11(2)25-18-16-12-5-3-8-15(12)26-19(16)22-9-21-18/h4,6-7,9,11H,3,5,8H2,1-2H3,(H,23,24)/t11-/m1/s1. The lowest BCUT2D eigenvalue weighted by Crippen LogP contribution is -2.23. The van der Waals surface area contributed by atoms with Crippen molar-refractivity contribution in [1.29, 1.82) is 0 Å². The average Bonchev–Trinajstić information content (AvgIpc) is 3.20. The van der Waals surface area contributed by atoms with Crippen molar-refractivity contribution in [2.45, 2.75) is 43.4 Å². The smallest absolute Gasteiger partial charge is 0.237 e. The second-order valence-corrected chi connectivity index (χ2v) is 9.20. The Balaban J connectivity index is 1.56. The molecule has 1 amide bonds. The van der Waals surface area contributed by atoms with Crippen LogP contribution in [0, 0.1) is 6.92 Å². The van der Waals surface area contributed by atoms with E-state index in [1.807, 2.05) is 32.0 Å². The van der Waals surface area contributed by atoms with E-state index in [1.165, 1.54) is 28.6 Å². The second kappa shape index (κ2) is 7.18. The first kappa shape index (κ1) is 17.8. The van der Waals surface area contributed by atoms with Crippen LogP contribution in [0.5, 0.6) is 0 Å². The molecular formula is C19H18ClN3OS2. The topological polar surface area (TPSA) is 54.9 Å². The molecule has 2 aromatic heterocycles. The monoisotopic (exact) mass is 403 g/mol. The predicted molar refractivity (Wildman–Crippen MR) is 110 cm³/mol. The van der Waals surface area contributed by atoms with E-state index in [9.17, 15) is 4.79 Å². The minimum absolute atomic E-state index is 0.0565. The van der Waals surface area contributed by atoms with Gasteiger partial charge < -0.3 is 5.32 Å². The minimum atomic E-state index is -0.275. The number of halogens is 1. The quantitative estimate of drug-likeness (QED) is 0.476. The van der Waals surface area contributed by atoms with E-state index in [2.05, 4.69) is 15.3 Å². The molecule has 0 saturated carbocycles. The third-order valence-electron chi connectivity index (χ3n) is 4.65. The molecule has 0 aliphatic heterocycles. The molecule has 0 unspecified atom stereocenters. The molecule has 0 saturated heterocycles. The van der Waals surface area contributed by atoms with E-state index < -0.39 is 0 Å². The van der Waals surface area contributed by atoms with E-state index in [0.29, 0.717) is 5.02 Å². The van der Waals surface area contributed by atoms with Crippen LogP contribution >= 0.6 is 34.7 Å². The van der Waals surface area contributed by atoms with Gasteiger partial charge in [0.2, 0.25) is 5.91 Å². The summed E-state index contributed by atoms with van der Waals surface area (Å²) in [7, 11) is 0. The van der Waals surface area contributed by atoms with Gasteiger partial charge in [-0.1, -0.05) is 29.4 Å². The molecule has 2 heterocycles. The number of nitrogens with one attached hydrogen (secondary N) is 1. The molecule has 26 heavy (non-hydrogen) atoms. The number of hydrogen-bond acceptors (Lipinski definition) is 5. The van der Waals surface area contributed by atoms with Gasteiger partial charge in [-0.15, -0.1) is 11.3 Å². The van der Waals surface area contributed by atoms with Gasteiger partial charge in [0.25, 0.3) is 0 Å². The highest BCUT2D eigenvalue weighted by Crippen LogP contribution is 2.41. The Morgan fingerprint density at radius 2 is 2.19 bits per heavy atom. The van der Waals surface area contributed by atoms with Crippen LogP contribution in [-0.4, -0.2) is 21.1 Å². The van der Waals surface area contributed by atoms with Gasteiger partial charge in [-0.05, 0) is 56.4 Å². The molecule has 0 fully saturated rings. The molecule has 4 rings (SSSR count). The third-order valence-corrected chi connectivity index (χ3v) is 7.36. The normalized spacial score (nSPS) is 14.4. The minimum Gasteiger partial charge on any atom is -0.325 e. The summed E-state index contributed by atoms with van der Waals surface area (Å²) in [5, 5.41) is 5.40. The Hall–Kier alpha value is -1.63. The number of fused-ring (bicyclic) bond motifs is 3. The predicted octanol–water partition coefficient (Wildman–Crippen LogP) is 5.26. The van der Waals surface area contributed by atoms with Gasteiger partial charge in [0.1, 0.15) is 16.2 Å². The number of nitrogens with zero attached hydrogens (tertiary/aromatic N) is 2. The molecule has 0 spiro atoms. The lowest BCUT2D eigenvalue weighted by molar-refractivity contribution is -0.115. The van der Waals surface area contributed by atoms with Gasteiger partial charge in [-0.25, -0.2) is 9.97 Å². The van der Waals surface area contributed by atoms with Crippen molar-refractivity contribution >= 4 is 56.5 Å². The van der Waals surface area contributed by atoms with Crippen LogP contribution in [0.15, 0.2) is 29.6 Å². The molecule has 1 N–H and O–H groups in total. The molecule has 3 aromatic rings. The lowest BCUT2D eigenvalue weighted by Gasteiger charge is -2.14. The number of benzene rings is 1. The number of rotatable bonds is 4. The van der Waals surface area contributed by atoms with Crippen LogP contribution in [0.25, 0.3) is 10.2 Å². The van der Waals surface area contributed by atoms with E-state index in [0.717, 1.165) is 39.3 Å². The summed E-state index contributed by atoms with van der Waals surface area (Å²) in [6.07, 6.45) is 5.01. The summed E-state index contributed by atoms with van der Waals surface area (Å²) in [6.45, 7) is 3.80. The first-order chi connectivity index (χ1) is 12.5. The maximum atomic E-state index is 12.7. The van der Waals surface area contributed by atoms with Crippen molar-refractivity contribution in [1.82, 2.24) is 9.97 Å². The van der Waals surface area contributed by atoms with Gasteiger partial charge in [0, 0.05) is 21.0 Å². The zero-order chi connectivity index (χ0) is 18.3. The Morgan fingerprint density at radius 1 is 1.35 bits per heavy atom. The molecule has 1 aliphatic rings. The summed E-state index contributed by atoms with van der Waals surface area (Å²) < 4.78 is 0. The number of aromatic nitrogens is 2. The average molecular weight is 404 g/mol. The fraction of sp³-hybridized carbons (Fsp3) is 0.316.